The van der Waals surface area contributed by atoms with Gasteiger partial charge < -0.3 is 20.3 Å². The van der Waals surface area contributed by atoms with E-state index in [4.69, 9.17) is 4.74 Å². The van der Waals surface area contributed by atoms with Crippen molar-refractivity contribution in [3.05, 3.63) is 48.6 Å². The summed E-state index contributed by atoms with van der Waals surface area (Å²) in [5, 5.41) is 23.1. The maximum Gasteiger partial charge on any atom is 0.305 e. The molecule has 0 fully saturated rings. The van der Waals surface area contributed by atoms with Gasteiger partial charge in [-0.1, -0.05) is 249 Å². The third-order valence-electron chi connectivity index (χ3n) is 13.3. The predicted molar refractivity (Wildman–Crippen MR) is 292 cm³/mol. The van der Waals surface area contributed by atoms with Crippen LogP contribution < -0.4 is 5.32 Å². The lowest BCUT2D eigenvalue weighted by Gasteiger charge is -2.20. The molecule has 1 amide bonds. The number of esters is 1. The summed E-state index contributed by atoms with van der Waals surface area (Å²) in [6.07, 6.45) is 71.4. The van der Waals surface area contributed by atoms with E-state index in [0.717, 1.165) is 64.2 Å². The second kappa shape index (κ2) is 56.4. The molecule has 2 atom stereocenters. The van der Waals surface area contributed by atoms with E-state index in [1.165, 1.54) is 212 Å². The maximum atomic E-state index is 12.4. The van der Waals surface area contributed by atoms with Crippen LogP contribution in [0, 0.1) is 0 Å². The van der Waals surface area contributed by atoms with Crippen molar-refractivity contribution in [3.63, 3.8) is 0 Å². The minimum atomic E-state index is -0.851. The molecule has 0 spiro atoms. The number of amides is 1. The Morgan fingerprint density at radius 3 is 1.16 bits per heavy atom. The van der Waals surface area contributed by atoms with E-state index in [9.17, 15) is 19.8 Å². The lowest BCUT2D eigenvalue weighted by atomic mass is 10.0. The third kappa shape index (κ3) is 53.0. The fourth-order valence-electron chi connectivity index (χ4n) is 8.78. The molecule has 392 valence electrons. The van der Waals surface area contributed by atoms with Crippen LogP contribution in [0.1, 0.15) is 303 Å². The molecule has 6 nitrogen and oxygen atoms in total. The van der Waals surface area contributed by atoms with Gasteiger partial charge in [0.25, 0.3) is 0 Å². The number of hydrogen-bond acceptors (Lipinski definition) is 5. The van der Waals surface area contributed by atoms with Crippen LogP contribution in [0.15, 0.2) is 48.6 Å². The predicted octanol–water partition coefficient (Wildman–Crippen LogP) is 18.2. The van der Waals surface area contributed by atoms with Crippen LogP contribution in [0.2, 0.25) is 0 Å². The molecule has 0 rings (SSSR count). The number of rotatable bonds is 54. The first-order valence-corrected chi connectivity index (χ1v) is 29.4. The molecular formula is C61H113NO5. The number of aliphatic hydroxyl groups excluding tert-OH is 2. The van der Waals surface area contributed by atoms with Crippen LogP contribution in [0.5, 0.6) is 0 Å². The number of carbonyl (C=O) groups excluding carboxylic acids is 2. The number of carbonyl (C=O) groups is 2. The molecule has 0 aliphatic carbocycles. The molecule has 0 aromatic heterocycles. The summed E-state index contributed by atoms with van der Waals surface area (Å²) in [7, 11) is 0. The zero-order chi connectivity index (χ0) is 48.6. The highest BCUT2D eigenvalue weighted by Crippen LogP contribution is 2.16. The number of hydrogen-bond donors (Lipinski definition) is 3. The molecule has 0 radical (unpaired) electrons. The van der Waals surface area contributed by atoms with Crippen molar-refractivity contribution in [2.75, 3.05) is 13.2 Å². The average Bonchev–Trinajstić information content (AvgIpc) is 3.33. The Morgan fingerprint density at radius 1 is 0.418 bits per heavy atom. The first kappa shape index (κ1) is 64.8. The molecule has 0 aliphatic heterocycles. The molecule has 6 heteroatoms. The van der Waals surface area contributed by atoms with E-state index in [2.05, 4.69) is 55.6 Å². The van der Waals surface area contributed by atoms with E-state index in [1.807, 2.05) is 6.08 Å². The van der Waals surface area contributed by atoms with Crippen molar-refractivity contribution in [1.29, 1.82) is 0 Å². The van der Waals surface area contributed by atoms with Crippen molar-refractivity contribution in [3.8, 4) is 0 Å². The topological polar surface area (TPSA) is 95.9 Å². The molecule has 0 saturated heterocycles. The van der Waals surface area contributed by atoms with E-state index >= 15 is 0 Å². The van der Waals surface area contributed by atoms with E-state index in [1.54, 1.807) is 6.08 Å². The van der Waals surface area contributed by atoms with Crippen LogP contribution in [0.3, 0.4) is 0 Å². The van der Waals surface area contributed by atoms with Crippen LogP contribution in [-0.4, -0.2) is 47.4 Å². The van der Waals surface area contributed by atoms with Crippen molar-refractivity contribution < 1.29 is 24.5 Å². The summed E-state index contributed by atoms with van der Waals surface area (Å²) in [4.78, 5) is 24.5. The number of aliphatic hydroxyl groups is 2. The number of ether oxygens (including phenoxy) is 1. The number of allylic oxidation sites excluding steroid dienone is 7. The molecule has 0 aromatic rings. The SMILES string of the molecule is CCCCCC/C=C\CCCCCCCC(=O)OCCCCCCCCCCC/C=C\C/C=C\CCCCCCCCCC(=O)NC(CO)C(O)/C=C/CCCCCCCCCCCCCC. The van der Waals surface area contributed by atoms with E-state index in [0.29, 0.717) is 19.4 Å². The maximum absolute atomic E-state index is 12.4. The van der Waals surface area contributed by atoms with Crippen molar-refractivity contribution in [2.45, 2.75) is 315 Å². The molecule has 0 heterocycles. The molecule has 0 bridgehead atoms. The number of unbranched alkanes of at least 4 members (excludes halogenated alkanes) is 37. The second-order valence-electron chi connectivity index (χ2n) is 20.0. The Balaban J connectivity index is 3.48. The Hall–Kier alpha value is -2.18. The van der Waals surface area contributed by atoms with Gasteiger partial charge in [-0.15, -0.1) is 0 Å². The van der Waals surface area contributed by atoms with Gasteiger partial charge in [-0.25, -0.2) is 0 Å². The summed E-state index contributed by atoms with van der Waals surface area (Å²) in [6, 6.07) is -0.636. The third-order valence-corrected chi connectivity index (χ3v) is 13.3. The molecule has 0 aliphatic rings. The Bertz CT molecular complexity index is 1130. The minimum absolute atomic E-state index is 0.00332. The summed E-state index contributed by atoms with van der Waals surface area (Å²) < 4.78 is 5.46. The fourth-order valence-corrected chi connectivity index (χ4v) is 8.78. The van der Waals surface area contributed by atoms with Crippen LogP contribution in [0.25, 0.3) is 0 Å². The molecule has 3 N–H and O–H groups in total. The van der Waals surface area contributed by atoms with Gasteiger partial charge in [0.1, 0.15) is 0 Å². The highest BCUT2D eigenvalue weighted by Gasteiger charge is 2.18. The lowest BCUT2D eigenvalue weighted by Crippen LogP contribution is -2.45. The fraction of sp³-hybridized carbons (Fsp3) is 0.836. The van der Waals surface area contributed by atoms with Gasteiger partial charge in [0, 0.05) is 12.8 Å². The first-order valence-electron chi connectivity index (χ1n) is 29.4. The summed E-state index contributed by atoms with van der Waals surface area (Å²) >= 11 is 0. The summed E-state index contributed by atoms with van der Waals surface area (Å²) in [5.74, 6) is -0.0821. The van der Waals surface area contributed by atoms with Gasteiger partial charge in [0.05, 0.1) is 25.4 Å². The largest absolute Gasteiger partial charge is 0.466 e. The number of nitrogens with one attached hydrogen (secondary N) is 1. The first-order chi connectivity index (χ1) is 33.0. The van der Waals surface area contributed by atoms with Crippen molar-refractivity contribution in [1.82, 2.24) is 5.32 Å². The van der Waals surface area contributed by atoms with Gasteiger partial charge in [-0.05, 0) is 89.9 Å². The van der Waals surface area contributed by atoms with Gasteiger partial charge in [0.15, 0.2) is 0 Å². The Labute approximate surface area is 416 Å². The second-order valence-corrected chi connectivity index (χ2v) is 20.0. The van der Waals surface area contributed by atoms with Gasteiger partial charge >= 0.3 is 5.97 Å². The van der Waals surface area contributed by atoms with Crippen LogP contribution in [0.4, 0.5) is 0 Å². The molecule has 67 heavy (non-hydrogen) atoms. The zero-order valence-electron chi connectivity index (χ0n) is 44.6. The minimum Gasteiger partial charge on any atom is -0.466 e. The highest BCUT2D eigenvalue weighted by molar-refractivity contribution is 5.76. The van der Waals surface area contributed by atoms with Crippen LogP contribution >= 0.6 is 0 Å². The lowest BCUT2D eigenvalue weighted by molar-refractivity contribution is -0.143. The zero-order valence-corrected chi connectivity index (χ0v) is 44.6. The Morgan fingerprint density at radius 2 is 0.746 bits per heavy atom. The van der Waals surface area contributed by atoms with Gasteiger partial charge in [0.2, 0.25) is 5.91 Å². The quantitative estimate of drug-likeness (QED) is 0.0321. The van der Waals surface area contributed by atoms with Crippen molar-refractivity contribution in [2.24, 2.45) is 0 Å². The monoisotopic (exact) mass is 940 g/mol. The normalized spacial score (nSPS) is 13.0. The smallest absolute Gasteiger partial charge is 0.305 e. The molecule has 2 unspecified atom stereocenters. The van der Waals surface area contributed by atoms with Gasteiger partial charge in [-0.2, -0.15) is 0 Å². The molecule has 0 aromatic carbocycles. The summed E-state index contributed by atoms with van der Waals surface area (Å²) in [5.41, 5.74) is 0. The summed E-state index contributed by atoms with van der Waals surface area (Å²) in [6.45, 7) is 4.87. The molecule has 0 saturated carbocycles. The standard InChI is InChI=1S/C61H113NO5/c1-3-5-7-9-11-13-15-17-30-33-37-41-45-49-53-59(64)58(57-63)62-60(65)54-50-46-42-38-34-31-27-25-23-21-19-18-20-22-24-26-28-32-36-40-44-48-52-56-67-61(66)55-51-47-43-39-35-29-16-14-12-10-8-6-4-2/h14,16,18,20-21,23,49,53,58-59,63-64H,3-13,15,17,19,22,24-48,50-52,54-57H2,1-2H3,(H,62,65)/b16-14-,20-18-,23-21-,53-49+. The van der Waals surface area contributed by atoms with E-state index in [-0.39, 0.29) is 18.5 Å². The highest BCUT2D eigenvalue weighted by atomic mass is 16.5. The Kier molecular flexibility index (Phi) is 54.6. The average molecular weight is 941 g/mol. The van der Waals surface area contributed by atoms with E-state index < -0.39 is 12.1 Å². The van der Waals surface area contributed by atoms with Gasteiger partial charge in [-0.3, -0.25) is 9.59 Å². The molecular weight excluding hydrogens is 827 g/mol. The van der Waals surface area contributed by atoms with Crippen LogP contribution in [-0.2, 0) is 14.3 Å². The van der Waals surface area contributed by atoms with Crippen molar-refractivity contribution >= 4 is 11.9 Å².